The molecule has 0 saturated carbocycles. The van der Waals surface area contributed by atoms with Crippen molar-refractivity contribution in [3.8, 4) is 0 Å². The first-order chi connectivity index (χ1) is 8.04. The smallest absolute Gasteiger partial charge is 0.287 e. The van der Waals surface area contributed by atoms with Crippen LogP contribution in [0.1, 0.15) is 6.92 Å². The van der Waals surface area contributed by atoms with Crippen molar-refractivity contribution in [2.45, 2.75) is 77.9 Å². The Bertz CT molecular complexity index is 273. The van der Waals surface area contributed by atoms with Gasteiger partial charge in [-0.3, -0.25) is 0 Å². The Morgan fingerprint density at radius 2 is 1.05 bits per heavy atom. The third-order valence-electron chi connectivity index (χ3n) is 1.95. The quantitative estimate of drug-likeness (QED) is 0.574. The highest BCUT2D eigenvalue weighted by Gasteiger charge is 2.45. The van der Waals surface area contributed by atoms with E-state index in [-0.39, 0.29) is 0 Å². The molecule has 0 spiro atoms. The highest BCUT2D eigenvalue weighted by Crippen LogP contribution is 2.28. The summed E-state index contributed by atoms with van der Waals surface area (Å²) in [6, 6.07) is 0. The van der Waals surface area contributed by atoms with Gasteiger partial charge in [-0.2, -0.15) is 0 Å². The first-order valence-electron chi connectivity index (χ1n) is 6.85. The molecule has 0 aromatic carbocycles. The molecule has 1 unspecified atom stereocenters. The highest BCUT2D eigenvalue weighted by molar-refractivity contribution is 6.71. The van der Waals surface area contributed by atoms with Crippen molar-refractivity contribution in [2.24, 2.45) is 0 Å². The van der Waals surface area contributed by atoms with Gasteiger partial charge in [0, 0.05) is 0 Å². The first-order valence-corrected chi connectivity index (χ1v) is 17.1. The monoisotopic (exact) mass is 324 g/mol. The topological polar surface area (TPSA) is 47.9 Å². The third kappa shape index (κ3) is 9.11. The lowest BCUT2D eigenvalue weighted by molar-refractivity contribution is -0.322. The molecule has 0 bridgehead atoms. The van der Waals surface area contributed by atoms with Gasteiger partial charge in [0.2, 0.25) is 0 Å². The second-order valence-electron chi connectivity index (χ2n) is 7.93. The fourth-order valence-corrected chi connectivity index (χ4v) is 5.13. The van der Waals surface area contributed by atoms with E-state index in [1.54, 1.807) is 0 Å². The lowest BCUT2D eigenvalue weighted by Gasteiger charge is -2.43. The maximum Gasteiger partial charge on any atom is 0.287 e. The number of hydrogen-bond acceptors (Lipinski definition) is 4. The Morgan fingerprint density at radius 3 is 1.26 bits per heavy atom. The van der Waals surface area contributed by atoms with Gasteiger partial charge in [-0.05, 0) is 65.8 Å². The summed E-state index contributed by atoms with van der Waals surface area (Å²) in [6.07, 6.45) is -0.488. The lowest BCUT2D eigenvalue weighted by Crippen LogP contribution is -2.58. The molecule has 0 amide bonds. The molecule has 0 aliphatic heterocycles. The van der Waals surface area contributed by atoms with Crippen LogP contribution in [0.15, 0.2) is 0 Å². The molecule has 1 atom stereocenters. The van der Waals surface area contributed by atoms with Gasteiger partial charge in [-0.25, -0.2) is 0 Å². The molecule has 116 valence electrons. The van der Waals surface area contributed by atoms with Crippen LogP contribution in [0.25, 0.3) is 0 Å². The molecule has 0 heterocycles. The van der Waals surface area contributed by atoms with E-state index in [9.17, 15) is 5.11 Å². The summed E-state index contributed by atoms with van der Waals surface area (Å²) >= 11 is 0. The zero-order chi connectivity index (χ0) is 15.7. The van der Waals surface area contributed by atoms with E-state index >= 15 is 0 Å². The molecule has 0 aromatic rings. The molecule has 0 radical (unpaired) electrons. The van der Waals surface area contributed by atoms with Gasteiger partial charge in [0.05, 0.1) is 0 Å². The van der Waals surface area contributed by atoms with E-state index < -0.39 is 37.0 Å². The molecule has 19 heavy (non-hydrogen) atoms. The van der Waals surface area contributed by atoms with Gasteiger partial charge in [0.1, 0.15) is 6.10 Å². The van der Waals surface area contributed by atoms with Crippen LogP contribution < -0.4 is 0 Å². The maximum atomic E-state index is 10.8. The van der Waals surface area contributed by atoms with Crippen LogP contribution in [0.5, 0.6) is 0 Å². The summed E-state index contributed by atoms with van der Waals surface area (Å²) in [5, 5.41) is 10.8. The molecule has 1 N–H and O–H groups in total. The average molecular weight is 325 g/mol. The summed E-state index contributed by atoms with van der Waals surface area (Å²) < 4.78 is 17.8. The fourth-order valence-electron chi connectivity index (χ4n) is 1.67. The summed E-state index contributed by atoms with van der Waals surface area (Å²) in [4.78, 5) is 0. The van der Waals surface area contributed by atoms with Crippen LogP contribution in [0.4, 0.5) is 0 Å². The van der Waals surface area contributed by atoms with Crippen molar-refractivity contribution in [1.82, 2.24) is 0 Å². The summed E-state index contributed by atoms with van der Waals surface area (Å²) in [7, 11) is -5.67. The van der Waals surface area contributed by atoms with Crippen molar-refractivity contribution in [3.63, 3.8) is 0 Å². The molecule has 0 saturated heterocycles. The largest absolute Gasteiger partial charge is 0.407 e. The van der Waals surface area contributed by atoms with Gasteiger partial charge in [0.25, 0.3) is 5.97 Å². The van der Waals surface area contributed by atoms with Crippen molar-refractivity contribution >= 4 is 25.0 Å². The van der Waals surface area contributed by atoms with Gasteiger partial charge in [-0.1, -0.05) is 0 Å². The average Bonchev–Trinajstić information content (AvgIpc) is 1.91. The molecule has 7 heteroatoms. The van der Waals surface area contributed by atoms with Crippen LogP contribution in [0.3, 0.4) is 0 Å². The fraction of sp³-hybridized carbons (Fsp3) is 1.00. The van der Waals surface area contributed by atoms with Gasteiger partial charge in [-0.15, -0.1) is 0 Å². The Labute approximate surface area is 121 Å². The van der Waals surface area contributed by atoms with Crippen molar-refractivity contribution in [3.05, 3.63) is 0 Å². The standard InChI is InChI=1S/C12H32O4Si3/c1-11(14-17(2,3)4)12(13,15-18(5,6)7)16-19(8,9)10/h11,13H,1-10H3. The van der Waals surface area contributed by atoms with Gasteiger partial charge >= 0.3 is 0 Å². The molecule has 0 aliphatic rings. The Balaban J connectivity index is 5.15. The molecule has 4 nitrogen and oxygen atoms in total. The van der Waals surface area contributed by atoms with E-state index in [1.165, 1.54) is 0 Å². The number of rotatable bonds is 7. The van der Waals surface area contributed by atoms with Crippen LogP contribution in [0, 0.1) is 0 Å². The Morgan fingerprint density at radius 1 is 0.737 bits per heavy atom. The van der Waals surface area contributed by atoms with Crippen molar-refractivity contribution in [2.75, 3.05) is 0 Å². The minimum Gasteiger partial charge on any atom is -0.407 e. The molecule has 0 fully saturated rings. The highest BCUT2D eigenvalue weighted by atomic mass is 28.4. The number of aliphatic hydroxyl groups is 1. The minimum absolute atomic E-state index is 0.488. The van der Waals surface area contributed by atoms with E-state index in [2.05, 4.69) is 19.6 Å². The molecule has 0 rings (SSSR count). The zero-order valence-corrected chi connectivity index (χ0v) is 17.2. The Kier molecular flexibility index (Phi) is 6.24. The predicted octanol–water partition coefficient (Wildman–Crippen LogP) is 3.58. The van der Waals surface area contributed by atoms with E-state index in [0.29, 0.717) is 0 Å². The van der Waals surface area contributed by atoms with E-state index in [1.807, 2.05) is 46.2 Å². The minimum atomic E-state index is -1.95. The summed E-state index contributed by atoms with van der Waals surface area (Å²) in [6.45, 7) is 20.3. The zero-order valence-electron chi connectivity index (χ0n) is 14.2. The number of hydrogen-bond donors (Lipinski definition) is 1. The Hall–Kier alpha value is 0.491. The molecular formula is C12H32O4Si3. The lowest BCUT2D eigenvalue weighted by atomic mass is 10.3. The van der Waals surface area contributed by atoms with Crippen molar-refractivity contribution < 1.29 is 18.4 Å². The maximum absolute atomic E-state index is 10.8. The van der Waals surface area contributed by atoms with Crippen LogP contribution in [0.2, 0.25) is 58.9 Å². The summed E-state index contributed by atoms with van der Waals surface area (Å²) in [5.74, 6) is -1.63. The van der Waals surface area contributed by atoms with Gasteiger partial charge < -0.3 is 18.4 Å². The molecule has 0 aromatic heterocycles. The first kappa shape index (κ1) is 19.5. The second-order valence-corrected chi connectivity index (χ2v) is 21.3. The van der Waals surface area contributed by atoms with E-state index in [4.69, 9.17) is 13.3 Å². The SMILES string of the molecule is CC(O[Si](C)(C)C)C(O)(O[Si](C)(C)C)O[Si](C)(C)C. The summed E-state index contributed by atoms with van der Waals surface area (Å²) in [5.41, 5.74) is 0. The predicted molar refractivity (Wildman–Crippen MR) is 87.7 cm³/mol. The van der Waals surface area contributed by atoms with Crippen LogP contribution in [-0.4, -0.2) is 42.1 Å². The normalized spacial score (nSPS) is 16.6. The molecular weight excluding hydrogens is 292 g/mol. The van der Waals surface area contributed by atoms with Crippen LogP contribution >= 0.6 is 0 Å². The second kappa shape index (κ2) is 6.08. The van der Waals surface area contributed by atoms with Gasteiger partial charge in [0.15, 0.2) is 25.0 Å². The molecule has 0 aliphatic carbocycles. The van der Waals surface area contributed by atoms with Crippen molar-refractivity contribution in [1.29, 1.82) is 0 Å². The van der Waals surface area contributed by atoms with E-state index in [0.717, 1.165) is 0 Å². The van der Waals surface area contributed by atoms with Crippen LogP contribution in [-0.2, 0) is 13.3 Å². The third-order valence-corrected chi connectivity index (χ3v) is 4.82.